The molecule has 0 spiro atoms. The summed E-state index contributed by atoms with van der Waals surface area (Å²) < 4.78 is 5.64. The Kier molecular flexibility index (Phi) is 6.22. The summed E-state index contributed by atoms with van der Waals surface area (Å²) in [6.45, 7) is 8.72. The van der Waals surface area contributed by atoms with Gasteiger partial charge in [0, 0.05) is 25.7 Å². The third kappa shape index (κ3) is 4.96. The molecule has 1 N–H and O–H groups in total. The molecule has 0 aromatic carbocycles. The highest BCUT2D eigenvalue weighted by Gasteiger charge is 2.19. The summed E-state index contributed by atoms with van der Waals surface area (Å²) in [5.74, 6) is 0. The molecule has 1 fully saturated rings. The summed E-state index contributed by atoms with van der Waals surface area (Å²) in [4.78, 5) is 2.40. The van der Waals surface area contributed by atoms with Crippen LogP contribution in [-0.2, 0) is 4.74 Å². The van der Waals surface area contributed by atoms with E-state index in [-0.39, 0.29) is 0 Å². The van der Waals surface area contributed by atoms with Crippen LogP contribution < -0.4 is 5.32 Å². The maximum atomic E-state index is 5.64. The molecule has 0 aromatic rings. The first-order chi connectivity index (χ1) is 7.24. The molecular formula is C12H26N2O. The topological polar surface area (TPSA) is 24.5 Å². The van der Waals surface area contributed by atoms with Crippen molar-refractivity contribution < 1.29 is 4.74 Å². The van der Waals surface area contributed by atoms with Gasteiger partial charge in [-0.15, -0.1) is 0 Å². The van der Waals surface area contributed by atoms with Crippen molar-refractivity contribution in [1.29, 1.82) is 0 Å². The highest BCUT2D eigenvalue weighted by atomic mass is 16.5. The SMILES string of the molecule is CCCNCC(C)N(C)CC1CCCO1. The molecule has 1 heterocycles. The molecule has 0 saturated carbocycles. The molecule has 1 aliphatic rings. The van der Waals surface area contributed by atoms with Crippen LogP contribution in [0, 0.1) is 0 Å². The lowest BCUT2D eigenvalue weighted by molar-refractivity contribution is 0.0704. The minimum atomic E-state index is 0.476. The number of likely N-dealkylation sites (N-methyl/N-ethyl adjacent to an activating group) is 1. The largest absolute Gasteiger partial charge is 0.377 e. The van der Waals surface area contributed by atoms with Crippen molar-refractivity contribution in [3.63, 3.8) is 0 Å². The molecule has 0 aliphatic carbocycles. The van der Waals surface area contributed by atoms with Crippen LogP contribution in [-0.4, -0.2) is 50.3 Å². The van der Waals surface area contributed by atoms with Gasteiger partial charge in [0.1, 0.15) is 0 Å². The van der Waals surface area contributed by atoms with E-state index < -0.39 is 0 Å². The highest BCUT2D eigenvalue weighted by molar-refractivity contribution is 4.73. The van der Waals surface area contributed by atoms with Gasteiger partial charge in [-0.2, -0.15) is 0 Å². The van der Waals surface area contributed by atoms with E-state index in [1.807, 2.05) is 0 Å². The second-order valence-corrected chi connectivity index (χ2v) is 4.63. The normalized spacial score (nSPS) is 23.6. The second-order valence-electron chi connectivity index (χ2n) is 4.63. The fraction of sp³-hybridized carbons (Fsp3) is 1.00. The average Bonchev–Trinajstić information content (AvgIpc) is 2.70. The molecule has 0 amide bonds. The van der Waals surface area contributed by atoms with Crippen LogP contribution in [0.3, 0.4) is 0 Å². The maximum Gasteiger partial charge on any atom is 0.0702 e. The Bertz CT molecular complexity index is 158. The molecule has 90 valence electrons. The van der Waals surface area contributed by atoms with Gasteiger partial charge in [0.05, 0.1) is 6.10 Å². The first kappa shape index (κ1) is 12.9. The van der Waals surface area contributed by atoms with Crippen molar-refractivity contribution in [1.82, 2.24) is 10.2 Å². The van der Waals surface area contributed by atoms with Crippen LogP contribution >= 0.6 is 0 Å². The summed E-state index contributed by atoms with van der Waals surface area (Å²) in [6, 6.07) is 0.598. The molecule has 0 radical (unpaired) electrons. The average molecular weight is 214 g/mol. The molecule has 2 unspecified atom stereocenters. The molecule has 1 aliphatic heterocycles. The van der Waals surface area contributed by atoms with Crippen molar-refractivity contribution in [2.24, 2.45) is 0 Å². The van der Waals surface area contributed by atoms with Crippen LogP contribution in [0.5, 0.6) is 0 Å². The first-order valence-corrected chi connectivity index (χ1v) is 6.26. The van der Waals surface area contributed by atoms with Gasteiger partial charge in [-0.1, -0.05) is 6.92 Å². The summed E-state index contributed by atoms with van der Waals surface area (Å²) in [5.41, 5.74) is 0. The van der Waals surface area contributed by atoms with E-state index in [9.17, 15) is 0 Å². The standard InChI is InChI=1S/C12H26N2O/c1-4-7-13-9-11(2)14(3)10-12-6-5-8-15-12/h11-13H,4-10H2,1-3H3. The molecule has 3 nitrogen and oxygen atoms in total. The third-order valence-corrected chi connectivity index (χ3v) is 3.13. The Morgan fingerprint density at radius 2 is 2.33 bits per heavy atom. The Morgan fingerprint density at radius 1 is 1.53 bits per heavy atom. The zero-order valence-corrected chi connectivity index (χ0v) is 10.5. The lowest BCUT2D eigenvalue weighted by Gasteiger charge is -2.27. The summed E-state index contributed by atoms with van der Waals surface area (Å²) >= 11 is 0. The number of hydrogen-bond donors (Lipinski definition) is 1. The van der Waals surface area contributed by atoms with Gasteiger partial charge in [-0.05, 0) is 39.8 Å². The van der Waals surface area contributed by atoms with Crippen LogP contribution in [0.15, 0.2) is 0 Å². The third-order valence-electron chi connectivity index (χ3n) is 3.13. The minimum absolute atomic E-state index is 0.476. The van der Waals surface area contributed by atoms with Gasteiger partial charge in [-0.3, -0.25) is 4.90 Å². The fourth-order valence-corrected chi connectivity index (χ4v) is 1.93. The molecule has 1 saturated heterocycles. The van der Waals surface area contributed by atoms with E-state index in [2.05, 4.69) is 31.1 Å². The number of nitrogens with zero attached hydrogens (tertiary/aromatic N) is 1. The van der Waals surface area contributed by atoms with Crippen molar-refractivity contribution in [2.45, 2.75) is 45.3 Å². The van der Waals surface area contributed by atoms with Gasteiger partial charge < -0.3 is 10.1 Å². The molecule has 3 heteroatoms. The van der Waals surface area contributed by atoms with Crippen molar-refractivity contribution in [2.75, 3.05) is 33.3 Å². The van der Waals surface area contributed by atoms with Gasteiger partial charge in [0.25, 0.3) is 0 Å². The summed E-state index contributed by atoms with van der Waals surface area (Å²) in [6.07, 6.45) is 4.16. The monoisotopic (exact) mass is 214 g/mol. The van der Waals surface area contributed by atoms with Gasteiger partial charge in [-0.25, -0.2) is 0 Å². The lowest BCUT2D eigenvalue weighted by atomic mass is 10.2. The summed E-state index contributed by atoms with van der Waals surface area (Å²) in [5, 5.41) is 3.46. The van der Waals surface area contributed by atoms with Crippen LogP contribution in [0.1, 0.15) is 33.1 Å². The van der Waals surface area contributed by atoms with Gasteiger partial charge >= 0.3 is 0 Å². The van der Waals surface area contributed by atoms with Gasteiger partial charge in [0.15, 0.2) is 0 Å². The Morgan fingerprint density at radius 3 is 2.93 bits per heavy atom. The first-order valence-electron chi connectivity index (χ1n) is 6.26. The zero-order valence-electron chi connectivity index (χ0n) is 10.5. The van der Waals surface area contributed by atoms with Crippen LogP contribution in [0.2, 0.25) is 0 Å². The van der Waals surface area contributed by atoms with E-state index in [0.29, 0.717) is 12.1 Å². The van der Waals surface area contributed by atoms with Crippen molar-refractivity contribution in [3.05, 3.63) is 0 Å². The van der Waals surface area contributed by atoms with Gasteiger partial charge in [0.2, 0.25) is 0 Å². The molecular weight excluding hydrogens is 188 g/mol. The minimum Gasteiger partial charge on any atom is -0.377 e. The van der Waals surface area contributed by atoms with Crippen LogP contribution in [0.4, 0.5) is 0 Å². The van der Waals surface area contributed by atoms with E-state index >= 15 is 0 Å². The van der Waals surface area contributed by atoms with E-state index in [4.69, 9.17) is 4.74 Å². The Hall–Kier alpha value is -0.120. The van der Waals surface area contributed by atoms with Crippen LogP contribution in [0.25, 0.3) is 0 Å². The Balaban J connectivity index is 2.11. The van der Waals surface area contributed by atoms with E-state index in [1.54, 1.807) is 0 Å². The lowest BCUT2D eigenvalue weighted by Crippen LogP contribution is -2.41. The zero-order chi connectivity index (χ0) is 11.1. The predicted molar refractivity (Wildman–Crippen MR) is 64.2 cm³/mol. The second kappa shape index (κ2) is 7.20. The quantitative estimate of drug-likeness (QED) is 0.650. The fourth-order valence-electron chi connectivity index (χ4n) is 1.93. The van der Waals surface area contributed by atoms with Crippen molar-refractivity contribution in [3.8, 4) is 0 Å². The highest BCUT2D eigenvalue weighted by Crippen LogP contribution is 2.13. The molecule has 0 bridgehead atoms. The molecule has 15 heavy (non-hydrogen) atoms. The Labute approximate surface area is 94.2 Å². The number of nitrogens with one attached hydrogen (secondary N) is 1. The van der Waals surface area contributed by atoms with Crippen molar-refractivity contribution >= 4 is 0 Å². The molecule has 1 rings (SSSR count). The molecule has 0 aromatic heterocycles. The predicted octanol–water partition coefficient (Wildman–Crippen LogP) is 1.49. The maximum absolute atomic E-state index is 5.64. The number of ether oxygens (including phenoxy) is 1. The summed E-state index contributed by atoms with van der Waals surface area (Å²) in [7, 11) is 2.19. The number of hydrogen-bond acceptors (Lipinski definition) is 3. The molecule has 2 atom stereocenters. The van der Waals surface area contributed by atoms with E-state index in [0.717, 1.165) is 26.2 Å². The smallest absolute Gasteiger partial charge is 0.0702 e. The van der Waals surface area contributed by atoms with E-state index in [1.165, 1.54) is 19.3 Å². The number of rotatable bonds is 7.